The second-order valence-electron chi connectivity index (χ2n) is 5.54. The van der Waals surface area contributed by atoms with Crippen LogP contribution < -0.4 is 0 Å². The molecule has 0 radical (unpaired) electrons. The van der Waals surface area contributed by atoms with Crippen molar-refractivity contribution in [3.05, 3.63) is 0 Å². The van der Waals surface area contributed by atoms with Crippen LogP contribution in [0.1, 0.15) is 52.4 Å². The van der Waals surface area contributed by atoms with E-state index in [-0.39, 0.29) is 38.9 Å². The number of amides is 4. The number of imide groups is 2. The standard InChI is InChI=1S/2C4H4NO3.2C3H7O.Ti/c2*6-3-1-2-4(7)5(3)8;2*1-2-3-4;/h2*1-2H2;2*2-3H2,1H3;/q4*-1;+4. The number of rotatable bonds is 10. The first-order valence-electron chi connectivity index (χ1n) is 8.30. The van der Waals surface area contributed by atoms with Crippen LogP contribution in [-0.4, -0.2) is 47.0 Å². The van der Waals surface area contributed by atoms with Crippen molar-refractivity contribution in [2.24, 2.45) is 0 Å². The van der Waals surface area contributed by atoms with E-state index in [1.165, 1.54) is 0 Å². The van der Waals surface area contributed by atoms with Gasteiger partial charge in [-0.05, 0) is 0 Å². The number of carbonyl (C=O) groups is 4. The van der Waals surface area contributed by atoms with E-state index in [0.717, 1.165) is 0 Å². The molecule has 2 aliphatic rings. The van der Waals surface area contributed by atoms with E-state index in [1.54, 1.807) is 0 Å². The number of nitrogens with zero attached hydrogens (tertiary/aromatic N) is 2. The van der Waals surface area contributed by atoms with Crippen LogP contribution in [0.2, 0.25) is 0 Å². The minimum absolute atomic E-state index is 0.0142. The average molecular weight is 394 g/mol. The molecule has 25 heavy (non-hydrogen) atoms. The van der Waals surface area contributed by atoms with E-state index >= 15 is 0 Å². The van der Waals surface area contributed by atoms with Crippen LogP contribution in [0.5, 0.6) is 0 Å². The molecule has 0 saturated carbocycles. The van der Waals surface area contributed by atoms with Crippen LogP contribution in [0.15, 0.2) is 0 Å². The van der Waals surface area contributed by atoms with Crippen LogP contribution in [0.3, 0.4) is 0 Å². The molecule has 10 nitrogen and oxygen atoms in total. The van der Waals surface area contributed by atoms with Crippen molar-refractivity contribution in [2.45, 2.75) is 52.4 Å². The normalized spacial score (nSPS) is 18.8. The van der Waals surface area contributed by atoms with E-state index in [0.29, 0.717) is 23.0 Å². The summed E-state index contributed by atoms with van der Waals surface area (Å²) in [6.07, 6.45) is 1.22. The van der Waals surface area contributed by atoms with E-state index < -0.39 is 41.8 Å². The summed E-state index contributed by atoms with van der Waals surface area (Å²) in [5, 5.41) is 1.16. The summed E-state index contributed by atoms with van der Waals surface area (Å²) in [7, 11) is 0. The zero-order valence-electron chi connectivity index (χ0n) is 14.3. The molecular weight excluding hydrogens is 372 g/mol. The van der Waals surface area contributed by atoms with Crippen molar-refractivity contribution in [2.75, 3.05) is 13.2 Å². The Bertz CT molecular complexity index is 475. The summed E-state index contributed by atoms with van der Waals surface area (Å²) in [6, 6.07) is 0. The fourth-order valence-electron chi connectivity index (χ4n) is 2.16. The Hall–Kier alpha value is -1.17. The third-order valence-corrected chi connectivity index (χ3v) is 6.39. The third kappa shape index (κ3) is 4.93. The molecule has 2 saturated heterocycles. The molecule has 0 bridgehead atoms. The first kappa shape index (κ1) is 20.1. The second kappa shape index (κ2) is 8.97. The molecule has 2 fully saturated rings. The Balaban J connectivity index is 2.25. The van der Waals surface area contributed by atoms with Crippen LogP contribution in [0.25, 0.3) is 0 Å². The molecule has 4 amide bonds. The van der Waals surface area contributed by atoms with Gasteiger partial charge in [-0.3, -0.25) is 0 Å². The van der Waals surface area contributed by atoms with Crippen LogP contribution in [0, 0.1) is 0 Å². The Morgan fingerprint density at radius 3 is 1.32 bits per heavy atom. The number of hydroxylamine groups is 4. The molecule has 11 heteroatoms. The zero-order valence-corrected chi connectivity index (χ0v) is 15.9. The van der Waals surface area contributed by atoms with Gasteiger partial charge >= 0.3 is 150 Å². The summed E-state index contributed by atoms with van der Waals surface area (Å²) in [6.45, 7) is 4.00. The van der Waals surface area contributed by atoms with Gasteiger partial charge in [-0.25, -0.2) is 0 Å². The molecule has 0 aliphatic carbocycles. The number of carbonyl (C=O) groups excluding carboxylic acids is 4. The summed E-state index contributed by atoms with van der Waals surface area (Å²) in [4.78, 5) is 47.5. The fourth-order valence-corrected chi connectivity index (χ4v) is 5.42. The molecule has 0 aromatic heterocycles. The van der Waals surface area contributed by atoms with E-state index in [4.69, 9.17) is 13.5 Å². The maximum atomic E-state index is 11.9. The van der Waals surface area contributed by atoms with Gasteiger partial charge in [-0.2, -0.15) is 0 Å². The van der Waals surface area contributed by atoms with Gasteiger partial charge in [-0.15, -0.1) is 0 Å². The summed E-state index contributed by atoms with van der Waals surface area (Å²) in [5.74, 6) is -2.16. The minimum atomic E-state index is -4.79. The van der Waals surface area contributed by atoms with Crippen LogP contribution >= 0.6 is 0 Å². The van der Waals surface area contributed by atoms with Gasteiger partial charge in [0.1, 0.15) is 0 Å². The average Bonchev–Trinajstić information content (AvgIpc) is 3.08. The first-order chi connectivity index (χ1) is 11.9. The van der Waals surface area contributed by atoms with Crippen molar-refractivity contribution in [3.8, 4) is 0 Å². The van der Waals surface area contributed by atoms with Gasteiger partial charge in [-0.1, -0.05) is 0 Å². The number of hydrogen-bond donors (Lipinski definition) is 0. The van der Waals surface area contributed by atoms with Crippen LogP contribution in [0.4, 0.5) is 0 Å². The van der Waals surface area contributed by atoms with Gasteiger partial charge in [0.15, 0.2) is 0 Å². The zero-order chi connectivity index (χ0) is 18.4. The third-order valence-electron chi connectivity index (χ3n) is 3.38. The molecule has 0 atom stereocenters. The molecular formula is C14H22N2O8Ti. The van der Waals surface area contributed by atoms with Crippen molar-refractivity contribution < 1.29 is 50.8 Å². The van der Waals surface area contributed by atoms with Crippen molar-refractivity contribution >= 4 is 23.6 Å². The maximum absolute atomic E-state index is 11.9. The predicted molar refractivity (Wildman–Crippen MR) is 76.8 cm³/mol. The van der Waals surface area contributed by atoms with Gasteiger partial charge in [0, 0.05) is 0 Å². The Labute approximate surface area is 150 Å². The SMILES string of the molecule is CCC[O][Ti]([O]CCC)([O]N1C(=O)CCC1=O)[O]N1C(=O)CCC1=O. The molecule has 140 valence electrons. The van der Waals surface area contributed by atoms with Crippen molar-refractivity contribution in [3.63, 3.8) is 0 Å². The summed E-state index contributed by atoms with van der Waals surface area (Å²) in [5.41, 5.74) is 0. The van der Waals surface area contributed by atoms with Crippen molar-refractivity contribution in [1.82, 2.24) is 10.1 Å². The van der Waals surface area contributed by atoms with Gasteiger partial charge in [0.2, 0.25) is 0 Å². The molecule has 0 spiro atoms. The van der Waals surface area contributed by atoms with E-state index in [2.05, 4.69) is 0 Å². The first-order valence-corrected chi connectivity index (χ1v) is 10.8. The molecule has 0 N–H and O–H groups in total. The van der Waals surface area contributed by atoms with Crippen molar-refractivity contribution in [1.29, 1.82) is 0 Å². The van der Waals surface area contributed by atoms with E-state index in [9.17, 15) is 19.2 Å². The number of hydrogen-bond acceptors (Lipinski definition) is 8. The molecule has 0 unspecified atom stereocenters. The Morgan fingerprint density at radius 2 is 1.04 bits per heavy atom. The summed E-state index contributed by atoms with van der Waals surface area (Å²) < 4.78 is 22.2. The van der Waals surface area contributed by atoms with Gasteiger partial charge < -0.3 is 0 Å². The van der Waals surface area contributed by atoms with E-state index in [1.807, 2.05) is 13.8 Å². The molecule has 2 aliphatic heterocycles. The van der Waals surface area contributed by atoms with Crippen LogP contribution in [-0.2, 0) is 50.8 Å². The van der Waals surface area contributed by atoms with Gasteiger partial charge in [0.25, 0.3) is 0 Å². The monoisotopic (exact) mass is 394 g/mol. The molecule has 0 aromatic carbocycles. The quantitative estimate of drug-likeness (QED) is 0.395. The summed E-state index contributed by atoms with van der Waals surface area (Å²) >= 11 is -4.79. The fraction of sp³-hybridized carbons (Fsp3) is 0.714. The second-order valence-corrected chi connectivity index (χ2v) is 8.58. The topological polar surface area (TPSA) is 112 Å². The Morgan fingerprint density at radius 1 is 0.720 bits per heavy atom. The molecule has 0 aromatic rings. The Kier molecular flexibility index (Phi) is 7.23. The molecule has 2 heterocycles. The van der Waals surface area contributed by atoms with Gasteiger partial charge in [0.05, 0.1) is 0 Å². The molecule has 2 rings (SSSR count). The predicted octanol–water partition coefficient (Wildman–Crippen LogP) is 0.815.